The third-order valence-corrected chi connectivity index (χ3v) is 3.12. The maximum Gasteiger partial charge on any atom is 0.164 e. The zero-order chi connectivity index (χ0) is 12.8. The molecule has 4 rings (SSSR count). The van der Waals surface area contributed by atoms with Crippen LogP contribution in [-0.4, -0.2) is 9.78 Å². The molecule has 1 radical (unpaired) electrons. The van der Waals surface area contributed by atoms with Crippen LogP contribution in [0.3, 0.4) is 0 Å². The van der Waals surface area contributed by atoms with Crippen molar-refractivity contribution in [3.63, 3.8) is 0 Å². The van der Waals surface area contributed by atoms with Crippen LogP contribution in [-0.2, 0) is 20.1 Å². The fourth-order valence-corrected chi connectivity index (χ4v) is 2.29. The Balaban J connectivity index is 0.00000121. The van der Waals surface area contributed by atoms with Crippen molar-refractivity contribution in [2.45, 2.75) is 0 Å². The van der Waals surface area contributed by atoms with Gasteiger partial charge in [-0.3, -0.25) is 4.68 Å². The van der Waals surface area contributed by atoms with Gasteiger partial charge in [0.2, 0.25) is 0 Å². The van der Waals surface area contributed by atoms with Crippen LogP contribution in [0.4, 0.5) is 4.39 Å². The Morgan fingerprint density at radius 1 is 1.10 bits per heavy atom. The van der Waals surface area contributed by atoms with Crippen molar-refractivity contribution in [1.29, 1.82) is 0 Å². The minimum atomic E-state index is -0.361. The molecule has 0 saturated carbocycles. The van der Waals surface area contributed by atoms with Crippen molar-refractivity contribution in [3.8, 4) is 5.69 Å². The first-order valence-corrected chi connectivity index (χ1v) is 5.86. The molecule has 3 nitrogen and oxygen atoms in total. The molecule has 0 atom stereocenters. The van der Waals surface area contributed by atoms with E-state index < -0.39 is 0 Å². The number of halogens is 1. The van der Waals surface area contributed by atoms with Gasteiger partial charge in [-0.05, 0) is 17.8 Å². The van der Waals surface area contributed by atoms with Crippen LogP contribution in [0.5, 0.6) is 0 Å². The van der Waals surface area contributed by atoms with Crippen LogP contribution in [0.15, 0.2) is 53.2 Å². The maximum atomic E-state index is 13.8. The second-order valence-corrected chi connectivity index (χ2v) is 4.24. The van der Waals surface area contributed by atoms with E-state index in [0.29, 0.717) is 11.3 Å². The van der Waals surface area contributed by atoms with Gasteiger partial charge in [0.15, 0.2) is 11.4 Å². The summed E-state index contributed by atoms with van der Waals surface area (Å²) < 4.78 is 21.1. The largest absolute Gasteiger partial charge is 0.511 e. The Morgan fingerprint density at radius 2 is 1.95 bits per heavy atom. The van der Waals surface area contributed by atoms with Gasteiger partial charge in [0.05, 0.1) is 0 Å². The number of hydrogen-bond acceptors (Lipinski definition) is 2. The van der Waals surface area contributed by atoms with Crippen LogP contribution in [0.2, 0.25) is 0 Å². The Hall–Kier alpha value is -1.97. The Morgan fingerprint density at radius 3 is 2.75 bits per heavy atom. The minimum absolute atomic E-state index is 0. The van der Waals surface area contributed by atoms with Crippen molar-refractivity contribution in [1.82, 2.24) is 9.78 Å². The van der Waals surface area contributed by atoms with Crippen molar-refractivity contribution >= 4 is 21.9 Å². The van der Waals surface area contributed by atoms with Gasteiger partial charge >= 0.3 is 0 Å². The van der Waals surface area contributed by atoms with Gasteiger partial charge in [0.1, 0.15) is 0 Å². The van der Waals surface area contributed by atoms with E-state index in [2.05, 4.69) is 11.2 Å². The zero-order valence-electron chi connectivity index (χ0n) is 10.1. The smallest absolute Gasteiger partial charge is 0.164 e. The predicted molar refractivity (Wildman–Crippen MR) is 69.6 cm³/mol. The number of para-hydroxylation sites is 1. The Labute approximate surface area is 127 Å². The fourth-order valence-electron chi connectivity index (χ4n) is 2.29. The molecule has 0 bridgehead atoms. The number of benzene rings is 2. The van der Waals surface area contributed by atoms with Crippen molar-refractivity contribution in [2.75, 3.05) is 0 Å². The van der Waals surface area contributed by atoms with E-state index in [1.54, 1.807) is 29.2 Å². The molecule has 20 heavy (non-hydrogen) atoms. The summed E-state index contributed by atoms with van der Waals surface area (Å²) in [4.78, 5) is 0. The molecule has 2 aromatic carbocycles. The third-order valence-electron chi connectivity index (χ3n) is 3.12. The zero-order valence-corrected chi connectivity index (χ0v) is 12.5. The first-order chi connectivity index (χ1) is 9.34. The summed E-state index contributed by atoms with van der Waals surface area (Å²) in [5, 5.41) is 5.78. The standard InChI is InChI=1S/C15H8FN2O.Ir/c16-12-6-1-4-10-11-5-2-7-13(15(11)19-14(10)12)18-9-3-8-17-18;/h1-6,8-9H;/q-1;. The first-order valence-electron chi connectivity index (χ1n) is 5.86. The van der Waals surface area contributed by atoms with Crippen molar-refractivity contribution in [2.24, 2.45) is 0 Å². The van der Waals surface area contributed by atoms with Crippen LogP contribution < -0.4 is 0 Å². The van der Waals surface area contributed by atoms with Crippen LogP contribution in [0, 0.1) is 11.9 Å². The van der Waals surface area contributed by atoms with Crippen LogP contribution in [0.25, 0.3) is 27.6 Å². The van der Waals surface area contributed by atoms with E-state index in [4.69, 9.17) is 4.42 Å². The summed E-state index contributed by atoms with van der Waals surface area (Å²) in [6.07, 6.45) is 3.48. The number of nitrogens with zero attached hydrogens (tertiary/aromatic N) is 2. The van der Waals surface area contributed by atoms with E-state index in [0.717, 1.165) is 10.8 Å². The molecule has 0 N–H and O–H groups in total. The Bertz CT molecular complexity index is 884. The predicted octanol–water partition coefficient (Wildman–Crippen LogP) is 3.71. The molecule has 0 amide bonds. The number of fused-ring (bicyclic) bond motifs is 3. The molecule has 0 saturated heterocycles. The molecule has 0 spiro atoms. The van der Waals surface area contributed by atoms with E-state index in [9.17, 15) is 4.39 Å². The molecule has 0 aliphatic heterocycles. The summed E-state index contributed by atoms with van der Waals surface area (Å²) >= 11 is 0. The molecule has 2 heterocycles. The van der Waals surface area contributed by atoms with Gasteiger partial charge in [-0.15, -0.1) is 0 Å². The molecule has 0 aliphatic carbocycles. The average Bonchev–Trinajstić information content (AvgIpc) is 3.06. The van der Waals surface area contributed by atoms with E-state index in [1.807, 2.05) is 18.2 Å². The molecule has 0 fully saturated rings. The topological polar surface area (TPSA) is 31.0 Å². The van der Waals surface area contributed by atoms with Crippen LogP contribution >= 0.6 is 0 Å². The van der Waals surface area contributed by atoms with Gasteiger partial charge in [-0.2, -0.15) is 23.3 Å². The molecule has 4 aromatic rings. The van der Waals surface area contributed by atoms with E-state index >= 15 is 0 Å². The summed E-state index contributed by atoms with van der Waals surface area (Å²) in [5.74, 6) is -0.361. The Kier molecular flexibility index (Phi) is 3.16. The number of rotatable bonds is 1. The van der Waals surface area contributed by atoms with Crippen molar-refractivity contribution < 1.29 is 28.9 Å². The molecule has 5 heteroatoms. The molecule has 0 unspecified atom stereocenters. The van der Waals surface area contributed by atoms with Gasteiger partial charge in [0.25, 0.3) is 0 Å². The van der Waals surface area contributed by atoms with Gasteiger partial charge in [0, 0.05) is 43.5 Å². The second-order valence-electron chi connectivity index (χ2n) is 4.24. The quantitative estimate of drug-likeness (QED) is 0.420. The molecule has 0 aliphatic rings. The molecular formula is C15H8FIrN2O-. The van der Waals surface area contributed by atoms with Crippen LogP contribution in [0.1, 0.15) is 0 Å². The first kappa shape index (κ1) is 13.0. The normalized spacial score (nSPS) is 10.8. The van der Waals surface area contributed by atoms with E-state index in [-0.39, 0.29) is 31.5 Å². The van der Waals surface area contributed by atoms with E-state index in [1.165, 1.54) is 6.07 Å². The molecule has 2 aromatic heterocycles. The minimum Gasteiger partial charge on any atom is -0.511 e. The SMILES string of the molecule is Fc1cccc2c1oc1c(-n3cccn3)[c-]ccc12.[Ir]. The maximum absolute atomic E-state index is 13.8. The summed E-state index contributed by atoms with van der Waals surface area (Å²) in [6.45, 7) is 0. The average molecular weight is 443 g/mol. The third kappa shape index (κ3) is 1.79. The van der Waals surface area contributed by atoms with Gasteiger partial charge < -0.3 is 4.42 Å². The summed E-state index contributed by atoms with van der Waals surface area (Å²) in [6, 6.07) is 13.5. The summed E-state index contributed by atoms with van der Waals surface area (Å²) in [5.41, 5.74) is 1.54. The number of aromatic nitrogens is 2. The number of furan rings is 1. The fraction of sp³-hybridized carbons (Fsp3) is 0. The summed E-state index contributed by atoms with van der Waals surface area (Å²) in [7, 11) is 0. The van der Waals surface area contributed by atoms with Gasteiger partial charge in [-0.25, -0.2) is 4.39 Å². The second kappa shape index (κ2) is 4.85. The molecule has 101 valence electrons. The van der Waals surface area contributed by atoms with Gasteiger partial charge in [-0.1, -0.05) is 17.5 Å². The molecular weight excluding hydrogens is 435 g/mol. The monoisotopic (exact) mass is 444 g/mol. The number of hydrogen-bond donors (Lipinski definition) is 0. The van der Waals surface area contributed by atoms with Crippen molar-refractivity contribution in [3.05, 3.63) is 60.7 Å².